The summed E-state index contributed by atoms with van der Waals surface area (Å²) in [5.74, 6) is 0.329. The van der Waals surface area contributed by atoms with Crippen LogP contribution in [-0.4, -0.2) is 9.97 Å². The number of nitrogens with zero attached hydrogens (tertiary/aromatic N) is 2. The molecule has 21 heavy (non-hydrogen) atoms. The van der Waals surface area contributed by atoms with Crippen LogP contribution in [0.4, 0.5) is 13.2 Å². The van der Waals surface area contributed by atoms with Gasteiger partial charge in [0.25, 0.3) is 5.56 Å². The van der Waals surface area contributed by atoms with Crippen molar-refractivity contribution in [3.8, 4) is 6.07 Å². The maximum absolute atomic E-state index is 12.5. The van der Waals surface area contributed by atoms with E-state index >= 15 is 0 Å². The number of aromatic nitrogens is 2. The van der Waals surface area contributed by atoms with Crippen LogP contribution in [0.2, 0.25) is 0 Å². The topological polar surface area (TPSA) is 69.5 Å². The van der Waals surface area contributed by atoms with E-state index in [0.717, 1.165) is 17.3 Å². The fourth-order valence-electron chi connectivity index (χ4n) is 1.48. The van der Waals surface area contributed by atoms with Crippen molar-refractivity contribution in [1.82, 2.24) is 9.97 Å². The van der Waals surface area contributed by atoms with Gasteiger partial charge in [-0.3, -0.25) is 4.79 Å². The number of thioether (sulfide) groups is 1. The zero-order valence-corrected chi connectivity index (χ0v) is 11.3. The zero-order chi connectivity index (χ0) is 15.5. The first-order valence-corrected chi connectivity index (χ1v) is 6.67. The number of hydrogen-bond acceptors (Lipinski definition) is 4. The summed E-state index contributed by atoms with van der Waals surface area (Å²) in [6.45, 7) is 0. The number of rotatable bonds is 3. The normalized spacial score (nSPS) is 11.1. The van der Waals surface area contributed by atoms with Crippen LogP contribution in [0, 0.1) is 11.3 Å². The van der Waals surface area contributed by atoms with Gasteiger partial charge in [0.2, 0.25) is 0 Å². The Morgan fingerprint density at radius 1 is 1.29 bits per heavy atom. The molecule has 0 aliphatic carbocycles. The van der Waals surface area contributed by atoms with E-state index in [4.69, 9.17) is 5.26 Å². The molecule has 0 aliphatic rings. The highest BCUT2D eigenvalue weighted by molar-refractivity contribution is 7.98. The Bertz CT molecular complexity index is 732. The Morgan fingerprint density at radius 3 is 2.52 bits per heavy atom. The average molecular weight is 311 g/mol. The third-order valence-corrected chi connectivity index (χ3v) is 3.41. The Hall–Kier alpha value is -2.27. The van der Waals surface area contributed by atoms with Crippen LogP contribution in [0.3, 0.4) is 0 Å². The fraction of sp³-hybridized carbons (Fsp3) is 0.154. The van der Waals surface area contributed by atoms with Gasteiger partial charge >= 0.3 is 6.18 Å². The van der Waals surface area contributed by atoms with E-state index in [1.54, 1.807) is 24.3 Å². The van der Waals surface area contributed by atoms with Crippen molar-refractivity contribution >= 4 is 11.8 Å². The second kappa shape index (κ2) is 6.01. The van der Waals surface area contributed by atoms with Gasteiger partial charge < -0.3 is 4.98 Å². The first-order chi connectivity index (χ1) is 9.88. The van der Waals surface area contributed by atoms with Gasteiger partial charge in [-0.05, 0) is 17.7 Å². The van der Waals surface area contributed by atoms with Crippen molar-refractivity contribution in [1.29, 1.82) is 5.26 Å². The number of H-pyrrole nitrogens is 1. The van der Waals surface area contributed by atoms with Gasteiger partial charge in [-0.2, -0.15) is 18.4 Å². The Balaban J connectivity index is 2.14. The van der Waals surface area contributed by atoms with Gasteiger partial charge in [0.15, 0.2) is 10.9 Å². The molecule has 4 nitrogen and oxygen atoms in total. The van der Waals surface area contributed by atoms with E-state index in [-0.39, 0.29) is 5.16 Å². The molecule has 0 aliphatic heterocycles. The SMILES string of the molecule is N#Cc1ccc(CSc2nc(C(F)(F)F)cc(=O)[nH]2)cc1. The highest BCUT2D eigenvalue weighted by atomic mass is 32.2. The third-order valence-electron chi connectivity index (χ3n) is 2.47. The predicted molar refractivity (Wildman–Crippen MR) is 70.6 cm³/mol. The van der Waals surface area contributed by atoms with Gasteiger partial charge in [-0.15, -0.1) is 0 Å². The lowest BCUT2D eigenvalue weighted by Crippen LogP contribution is -2.16. The minimum Gasteiger partial charge on any atom is -0.301 e. The van der Waals surface area contributed by atoms with Crippen LogP contribution in [-0.2, 0) is 11.9 Å². The van der Waals surface area contributed by atoms with Crippen LogP contribution in [0.15, 0.2) is 40.3 Å². The van der Waals surface area contributed by atoms with Crippen molar-refractivity contribution in [3.63, 3.8) is 0 Å². The molecule has 1 heterocycles. The summed E-state index contributed by atoms with van der Waals surface area (Å²) in [5.41, 5.74) is -0.762. The van der Waals surface area contributed by atoms with Crippen molar-refractivity contribution < 1.29 is 13.2 Å². The molecule has 1 aromatic heterocycles. The summed E-state index contributed by atoms with van der Waals surface area (Å²) in [4.78, 5) is 16.8. The molecule has 8 heteroatoms. The lowest BCUT2D eigenvalue weighted by molar-refractivity contribution is -0.141. The van der Waals surface area contributed by atoms with Gasteiger partial charge in [0.1, 0.15) is 0 Å². The van der Waals surface area contributed by atoms with Gasteiger partial charge in [0.05, 0.1) is 11.6 Å². The number of aromatic amines is 1. The zero-order valence-electron chi connectivity index (χ0n) is 10.4. The highest BCUT2D eigenvalue weighted by Crippen LogP contribution is 2.28. The molecule has 0 saturated heterocycles. The number of halogens is 3. The van der Waals surface area contributed by atoms with Crippen LogP contribution >= 0.6 is 11.8 Å². The molecule has 0 radical (unpaired) electrons. The lowest BCUT2D eigenvalue weighted by Gasteiger charge is -2.07. The van der Waals surface area contributed by atoms with Crippen molar-refractivity contribution in [2.24, 2.45) is 0 Å². The van der Waals surface area contributed by atoms with E-state index < -0.39 is 17.4 Å². The number of benzene rings is 1. The van der Waals surface area contributed by atoms with Crippen LogP contribution in [0.1, 0.15) is 16.8 Å². The van der Waals surface area contributed by atoms with E-state index in [0.29, 0.717) is 17.4 Å². The van der Waals surface area contributed by atoms with Gasteiger partial charge in [-0.25, -0.2) is 4.98 Å². The quantitative estimate of drug-likeness (QED) is 0.699. The molecule has 0 atom stereocenters. The number of nitrogens with one attached hydrogen (secondary N) is 1. The Morgan fingerprint density at radius 2 is 1.95 bits per heavy atom. The van der Waals surface area contributed by atoms with E-state index in [2.05, 4.69) is 9.97 Å². The average Bonchev–Trinajstić information content (AvgIpc) is 2.44. The van der Waals surface area contributed by atoms with Crippen LogP contribution < -0.4 is 5.56 Å². The smallest absolute Gasteiger partial charge is 0.301 e. The van der Waals surface area contributed by atoms with Gasteiger partial charge in [0, 0.05) is 11.8 Å². The molecule has 0 spiro atoms. The molecule has 0 amide bonds. The maximum Gasteiger partial charge on any atom is 0.433 e. The first-order valence-electron chi connectivity index (χ1n) is 5.69. The Kier molecular flexibility index (Phi) is 4.33. The summed E-state index contributed by atoms with van der Waals surface area (Å²) in [7, 11) is 0. The molecule has 0 saturated carbocycles. The molecule has 0 bridgehead atoms. The fourth-order valence-corrected chi connectivity index (χ4v) is 2.31. The molecular weight excluding hydrogens is 303 g/mol. The minimum atomic E-state index is -4.65. The second-order valence-corrected chi connectivity index (χ2v) is 4.99. The predicted octanol–water partition coefficient (Wildman–Crippen LogP) is 2.95. The summed E-state index contributed by atoms with van der Waals surface area (Å²) in [6, 6.07) is 8.99. The number of alkyl halides is 3. The standard InChI is InChI=1S/C13H8F3N3OS/c14-13(15,16)10-5-11(20)19-12(18-10)21-7-9-3-1-8(6-17)2-4-9/h1-5H,7H2,(H,18,19,20). The van der Waals surface area contributed by atoms with Gasteiger partial charge in [-0.1, -0.05) is 23.9 Å². The maximum atomic E-state index is 12.5. The Labute approximate surface area is 121 Å². The number of nitriles is 1. The molecule has 1 aromatic carbocycles. The van der Waals surface area contributed by atoms with Crippen LogP contribution in [0.25, 0.3) is 0 Å². The molecular formula is C13H8F3N3OS. The third kappa shape index (κ3) is 4.10. The second-order valence-electron chi connectivity index (χ2n) is 4.03. The molecule has 2 rings (SSSR count). The van der Waals surface area contributed by atoms with Crippen molar-refractivity contribution in [2.45, 2.75) is 17.1 Å². The summed E-state index contributed by atoms with van der Waals surface area (Å²) < 4.78 is 37.6. The molecule has 2 aromatic rings. The lowest BCUT2D eigenvalue weighted by atomic mass is 10.2. The van der Waals surface area contributed by atoms with Crippen molar-refractivity contribution in [2.75, 3.05) is 0 Å². The van der Waals surface area contributed by atoms with E-state index in [1.807, 2.05) is 6.07 Å². The molecule has 0 unspecified atom stereocenters. The van der Waals surface area contributed by atoms with E-state index in [1.165, 1.54) is 0 Å². The summed E-state index contributed by atoms with van der Waals surface area (Å²) >= 11 is 0.982. The number of hydrogen-bond donors (Lipinski definition) is 1. The first kappa shape index (κ1) is 15.1. The summed E-state index contributed by atoms with van der Waals surface area (Å²) in [5, 5.41) is 8.56. The van der Waals surface area contributed by atoms with E-state index in [9.17, 15) is 18.0 Å². The van der Waals surface area contributed by atoms with Crippen LogP contribution in [0.5, 0.6) is 0 Å². The molecule has 0 fully saturated rings. The largest absolute Gasteiger partial charge is 0.433 e. The monoisotopic (exact) mass is 311 g/mol. The summed E-state index contributed by atoms with van der Waals surface area (Å²) in [6.07, 6.45) is -4.65. The highest BCUT2D eigenvalue weighted by Gasteiger charge is 2.33. The molecule has 108 valence electrons. The van der Waals surface area contributed by atoms with Crippen molar-refractivity contribution in [3.05, 3.63) is 57.5 Å². The molecule has 1 N–H and O–H groups in total. The minimum absolute atomic E-state index is 0.0980.